The number of ether oxygens (including phenoxy) is 1. The molecule has 2 rings (SSSR count). The van der Waals surface area contributed by atoms with E-state index in [4.69, 9.17) is 4.74 Å². The van der Waals surface area contributed by atoms with Gasteiger partial charge in [-0.15, -0.1) is 0 Å². The molecule has 24 heavy (non-hydrogen) atoms. The van der Waals surface area contributed by atoms with Crippen molar-refractivity contribution in [2.24, 2.45) is 0 Å². The zero-order chi connectivity index (χ0) is 17.4. The number of carbonyl (C=O) groups excluding carboxylic acids is 1. The lowest BCUT2D eigenvalue weighted by atomic mass is 10.1. The van der Waals surface area contributed by atoms with E-state index < -0.39 is 11.7 Å². The molecule has 0 saturated carbocycles. The first-order valence-electron chi connectivity index (χ1n) is 8.10. The number of benzene rings is 2. The van der Waals surface area contributed by atoms with Crippen LogP contribution in [0.5, 0.6) is 5.75 Å². The highest BCUT2D eigenvalue weighted by Gasteiger charge is 2.15. The molecular weight excluding hydrogens is 373 g/mol. The van der Waals surface area contributed by atoms with Gasteiger partial charge in [0, 0.05) is 4.47 Å². The second-order valence-corrected chi connectivity index (χ2v) is 6.40. The van der Waals surface area contributed by atoms with Crippen molar-refractivity contribution in [2.45, 2.75) is 32.6 Å². The van der Waals surface area contributed by atoms with Gasteiger partial charge in [-0.05, 0) is 36.8 Å². The molecule has 5 heteroatoms. The molecule has 128 valence electrons. The van der Waals surface area contributed by atoms with Crippen LogP contribution in [0.15, 0.2) is 46.9 Å². The van der Waals surface area contributed by atoms with E-state index in [9.17, 15) is 9.18 Å². The summed E-state index contributed by atoms with van der Waals surface area (Å²) < 4.78 is 20.2. The van der Waals surface area contributed by atoms with Gasteiger partial charge in [0.1, 0.15) is 11.6 Å². The van der Waals surface area contributed by atoms with Gasteiger partial charge >= 0.3 is 0 Å². The van der Waals surface area contributed by atoms with Crippen LogP contribution in [0.25, 0.3) is 0 Å². The van der Waals surface area contributed by atoms with Crippen molar-refractivity contribution in [3.8, 4) is 5.75 Å². The van der Waals surface area contributed by atoms with Gasteiger partial charge < -0.3 is 10.1 Å². The number of rotatable bonds is 8. The monoisotopic (exact) mass is 393 g/mol. The molecule has 3 nitrogen and oxygen atoms in total. The minimum Gasteiger partial charge on any atom is -0.493 e. The minimum atomic E-state index is -0.470. The van der Waals surface area contributed by atoms with E-state index in [1.165, 1.54) is 18.6 Å². The Labute approximate surface area is 150 Å². The van der Waals surface area contributed by atoms with Crippen LogP contribution in [0.3, 0.4) is 0 Å². The lowest BCUT2D eigenvalue weighted by Crippen LogP contribution is -2.15. The van der Waals surface area contributed by atoms with Gasteiger partial charge in [0.25, 0.3) is 5.91 Å². The van der Waals surface area contributed by atoms with Gasteiger partial charge in [-0.3, -0.25) is 4.79 Å². The Kier molecular flexibility index (Phi) is 7.25. The molecule has 0 aliphatic carbocycles. The number of hydrogen-bond acceptors (Lipinski definition) is 2. The highest BCUT2D eigenvalue weighted by molar-refractivity contribution is 9.10. The summed E-state index contributed by atoms with van der Waals surface area (Å²) in [6, 6.07) is 11.3. The Balaban J connectivity index is 2.08. The van der Waals surface area contributed by atoms with E-state index in [1.807, 2.05) is 6.07 Å². The fourth-order valence-electron chi connectivity index (χ4n) is 2.27. The average molecular weight is 394 g/mol. The average Bonchev–Trinajstić information content (AvgIpc) is 2.58. The molecule has 2 aromatic rings. The normalized spacial score (nSPS) is 10.5. The summed E-state index contributed by atoms with van der Waals surface area (Å²) in [7, 11) is 0. The molecule has 0 aliphatic heterocycles. The first-order chi connectivity index (χ1) is 11.6. The summed E-state index contributed by atoms with van der Waals surface area (Å²) in [6.07, 6.45) is 4.38. The predicted octanol–water partition coefficient (Wildman–Crippen LogP) is 5.80. The third-order valence-electron chi connectivity index (χ3n) is 3.56. The number of unbranched alkanes of at least 4 members (excludes halogenated alkanes) is 3. The number of anilines is 1. The molecule has 0 aliphatic rings. The summed E-state index contributed by atoms with van der Waals surface area (Å²) in [4.78, 5) is 12.5. The van der Waals surface area contributed by atoms with Crippen LogP contribution >= 0.6 is 15.9 Å². The van der Waals surface area contributed by atoms with Crippen molar-refractivity contribution in [3.05, 3.63) is 58.3 Å². The molecule has 0 unspecified atom stereocenters. The van der Waals surface area contributed by atoms with Crippen LogP contribution in [0.2, 0.25) is 0 Å². The number of carbonyl (C=O) groups is 1. The Hall–Kier alpha value is -1.88. The summed E-state index contributed by atoms with van der Waals surface area (Å²) >= 11 is 3.36. The zero-order valence-corrected chi connectivity index (χ0v) is 15.2. The summed E-state index contributed by atoms with van der Waals surface area (Å²) in [6.45, 7) is 2.71. The second-order valence-electron chi connectivity index (χ2n) is 5.48. The Morgan fingerprint density at radius 3 is 2.71 bits per heavy atom. The van der Waals surface area contributed by atoms with Crippen molar-refractivity contribution in [3.63, 3.8) is 0 Å². The molecule has 0 heterocycles. The van der Waals surface area contributed by atoms with E-state index in [0.29, 0.717) is 17.9 Å². The van der Waals surface area contributed by atoms with E-state index in [-0.39, 0.29) is 5.69 Å². The van der Waals surface area contributed by atoms with Crippen LogP contribution in [-0.4, -0.2) is 12.5 Å². The fraction of sp³-hybridized carbons (Fsp3) is 0.316. The van der Waals surface area contributed by atoms with Gasteiger partial charge in [-0.25, -0.2) is 4.39 Å². The topological polar surface area (TPSA) is 38.3 Å². The molecule has 0 bridgehead atoms. The lowest BCUT2D eigenvalue weighted by molar-refractivity contribution is 0.102. The molecule has 0 radical (unpaired) electrons. The van der Waals surface area contributed by atoms with Crippen LogP contribution in [-0.2, 0) is 0 Å². The molecule has 0 saturated heterocycles. The van der Waals surface area contributed by atoms with Gasteiger partial charge in [-0.1, -0.05) is 54.2 Å². The van der Waals surface area contributed by atoms with Gasteiger partial charge in [-0.2, -0.15) is 0 Å². The highest BCUT2D eigenvalue weighted by atomic mass is 79.9. The van der Waals surface area contributed by atoms with E-state index in [2.05, 4.69) is 28.2 Å². The third-order valence-corrected chi connectivity index (χ3v) is 4.06. The predicted molar refractivity (Wildman–Crippen MR) is 98.1 cm³/mol. The molecule has 2 aromatic carbocycles. The maximum Gasteiger partial charge on any atom is 0.259 e. The van der Waals surface area contributed by atoms with Crippen molar-refractivity contribution >= 4 is 27.5 Å². The number of halogens is 2. The molecule has 0 fully saturated rings. The largest absolute Gasteiger partial charge is 0.493 e. The third kappa shape index (κ3) is 5.34. The Bertz CT molecular complexity index is 691. The van der Waals surface area contributed by atoms with Crippen molar-refractivity contribution in [2.75, 3.05) is 11.9 Å². The number of nitrogens with one attached hydrogen (secondary N) is 1. The quantitative estimate of drug-likeness (QED) is 0.575. The molecule has 0 spiro atoms. The maximum atomic E-state index is 13.7. The Morgan fingerprint density at radius 1 is 1.17 bits per heavy atom. The minimum absolute atomic E-state index is 0.149. The number of hydrogen-bond donors (Lipinski definition) is 1. The summed E-state index contributed by atoms with van der Waals surface area (Å²) in [5, 5.41) is 2.59. The van der Waals surface area contributed by atoms with Crippen molar-refractivity contribution < 1.29 is 13.9 Å². The van der Waals surface area contributed by atoms with E-state index >= 15 is 0 Å². The van der Waals surface area contributed by atoms with Crippen LogP contribution in [0.4, 0.5) is 10.1 Å². The fourth-order valence-corrected chi connectivity index (χ4v) is 2.63. The standard InChI is InChI=1S/C19H21BrFNO2/c1-2-3-4-7-12-24-18-11-10-14(20)13-15(18)19(23)22-17-9-6-5-8-16(17)21/h5-6,8-11,13H,2-4,7,12H2,1H3,(H,22,23). The summed E-state index contributed by atoms with van der Waals surface area (Å²) in [5.74, 6) is -0.364. The number of amides is 1. The molecule has 0 atom stereocenters. The lowest BCUT2D eigenvalue weighted by Gasteiger charge is -2.12. The molecular formula is C19H21BrFNO2. The van der Waals surface area contributed by atoms with E-state index in [1.54, 1.807) is 24.3 Å². The van der Waals surface area contributed by atoms with Crippen LogP contribution in [0, 0.1) is 5.82 Å². The zero-order valence-electron chi connectivity index (χ0n) is 13.6. The maximum absolute atomic E-state index is 13.7. The Morgan fingerprint density at radius 2 is 1.96 bits per heavy atom. The van der Waals surface area contributed by atoms with Gasteiger partial charge in [0.15, 0.2) is 0 Å². The van der Waals surface area contributed by atoms with Gasteiger partial charge in [0.05, 0.1) is 17.9 Å². The van der Waals surface area contributed by atoms with E-state index in [0.717, 1.165) is 23.7 Å². The SMILES string of the molecule is CCCCCCOc1ccc(Br)cc1C(=O)Nc1ccccc1F. The van der Waals surface area contributed by atoms with Gasteiger partial charge in [0.2, 0.25) is 0 Å². The molecule has 1 amide bonds. The second kappa shape index (κ2) is 9.42. The highest BCUT2D eigenvalue weighted by Crippen LogP contribution is 2.25. The first-order valence-corrected chi connectivity index (χ1v) is 8.89. The van der Waals surface area contributed by atoms with Crippen LogP contribution < -0.4 is 10.1 Å². The number of para-hydroxylation sites is 1. The van der Waals surface area contributed by atoms with Crippen molar-refractivity contribution in [1.82, 2.24) is 0 Å². The first kappa shape index (κ1) is 18.5. The van der Waals surface area contributed by atoms with Crippen molar-refractivity contribution in [1.29, 1.82) is 0 Å². The molecule has 1 N–H and O–H groups in total. The molecule has 0 aromatic heterocycles. The smallest absolute Gasteiger partial charge is 0.259 e. The van der Waals surface area contributed by atoms with Crippen LogP contribution in [0.1, 0.15) is 43.0 Å². The summed E-state index contributed by atoms with van der Waals surface area (Å²) in [5.41, 5.74) is 0.527.